The molecule has 0 fully saturated rings. The van der Waals surface area contributed by atoms with Gasteiger partial charge in [-0.1, -0.05) is 23.7 Å². The Balaban J connectivity index is 2.29. The molecule has 0 aliphatic rings. The number of hydrogen-bond donors (Lipinski definition) is 1. The van der Waals surface area contributed by atoms with Gasteiger partial charge in [0.15, 0.2) is 0 Å². The second-order valence-corrected chi connectivity index (χ2v) is 5.44. The molecule has 1 aromatic carbocycles. The van der Waals surface area contributed by atoms with Gasteiger partial charge >= 0.3 is 0 Å². The van der Waals surface area contributed by atoms with Crippen molar-refractivity contribution in [2.24, 2.45) is 12.8 Å². The predicted octanol–water partition coefficient (Wildman–Crippen LogP) is 2.80. The molecule has 1 atom stereocenters. The number of aryl methyl sites for hydroxylation is 2. The summed E-state index contributed by atoms with van der Waals surface area (Å²) in [6.07, 6.45) is 0.727. The number of benzene rings is 1. The third kappa shape index (κ3) is 2.74. The van der Waals surface area contributed by atoms with Gasteiger partial charge in [-0.15, -0.1) is 0 Å². The van der Waals surface area contributed by atoms with Crippen LogP contribution in [0, 0.1) is 6.92 Å². The van der Waals surface area contributed by atoms with Crippen molar-refractivity contribution in [1.29, 1.82) is 0 Å². The van der Waals surface area contributed by atoms with Gasteiger partial charge in [-0.2, -0.15) is 5.10 Å². The van der Waals surface area contributed by atoms with E-state index in [4.69, 9.17) is 17.3 Å². The van der Waals surface area contributed by atoms with Gasteiger partial charge in [0.05, 0.1) is 5.69 Å². The number of aromatic nitrogens is 2. The lowest BCUT2D eigenvalue weighted by Crippen LogP contribution is -2.36. The highest BCUT2D eigenvalue weighted by atomic mass is 35.5. The molecule has 96 valence electrons. The summed E-state index contributed by atoms with van der Waals surface area (Å²) >= 11 is 6.02. The molecule has 1 unspecified atom stereocenters. The van der Waals surface area contributed by atoms with E-state index in [-0.39, 0.29) is 0 Å². The number of nitrogens with two attached hydrogens (primary N) is 1. The van der Waals surface area contributed by atoms with Crippen LogP contribution in [0.15, 0.2) is 30.3 Å². The lowest BCUT2D eigenvalue weighted by molar-refractivity contribution is 0.472. The maximum absolute atomic E-state index is 6.42. The van der Waals surface area contributed by atoms with Crippen molar-refractivity contribution in [3.05, 3.63) is 52.3 Å². The number of halogens is 1. The molecular formula is C14H18ClN3. The summed E-state index contributed by atoms with van der Waals surface area (Å²) in [6, 6.07) is 9.78. The van der Waals surface area contributed by atoms with Gasteiger partial charge in [0.1, 0.15) is 0 Å². The average molecular weight is 264 g/mol. The Kier molecular flexibility index (Phi) is 3.46. The Hall–Kier alpha value is -1.32. The van der Waals surface area contributed by atoms with E-state index in [1.807, 2.05) is 49.8 Å². The van der Waals surface area contributed by atoms with Gasteiger partial charge in [0.25, 0.3) is 0 Å². The lowest BCUT2D eigenvalue weighted by atomic mass is 9.88. The fourth-order valence-corrected chi connectivity index (χ4v) is 2.34. The highest BCUT2D eigenvalue weighted by Gasteiger charge is 2.23. The minimum absolute atomic E-state index is 0.453. The van der Waals surface area contributed by atoms with E-state index in [2.05, 4.69) is 11.2 Å². The quantitative estimate of drug-likeness (QED) is 0.925. The van der Waals surface area contributed by atoms with Gasteiger partial charge in [-0.3, -0.25) is 4.68 Å². The van der Waals surface area contributed by atoms with E-state index in [0.29, 0.717) is 5.02 Å². The largest absolute Gasteiger partial charge is 0.321 e. The maximum atomic E-state index is 6.42. The van der Waals surface area contributed by atoms with Crippen molar-refractivity contribution in [3.8, 4) is 0 Å². The zero-order valence-corrected chi connectivity index (χ0v) is 11.7. The maximum Gasteiger partial charge on any atom is 0.0596 e. The summed E-state index contributed by atoms with van der Waals surface area (Å²) < 4.78 is 1.88. The van der Waals surface area contributed by atoms with Crippen LogP contribution in [0.3, 0.4) is 0 Å². The molecule has 0 aliphatic heterocycles. The van der Waals surface area contributed by atoms with Gasteiger partial charge in [-0.05, 0) is 37.6 Å². The summed E-state index contributed by atoms with van der Waals surface area (Å²) in [5.41, 5.74) is 9.13. The predicted molar refractivity (Wildman–Crippen MR) is 74.6 cm³/mol. The highest BCUT2D eigenvalue weighted by Crippen LogP contribution is 2.25. The molecule has 2 aromatic rings. The Bertz CT molecular complexity index is 558. The first-order valence-electron chi connectivity index (χ1n) is 5.93. The van der Waals surface area contributed by atoms with Crippen LogP contribution in [0.1, 0.15) is 23.9 Å². The van der Waals surface area contributed by atoms with E-state index < -0.39 is 5.54 Å². The molecule has 3 nitrogen and oxygen atoms in total. The summed E-state index contributed by atoms with van der Waals surface area (Å²) in [5.74, 6) is 0. The summed E-state index contributed by atoms with van der Waals surface area (Å²) in [6.45, 7) is 4.00. The minimum atomic E-state index is -0.453. The third-order valence-electron chi connectivity index (χ3n) is 3.13. The first kappa shape index (κ1) is 13.1. The Labute approximate surface area is 113 Å². The normalized spacial score (nSPS) is 14.5. The van der Waals surface area contributed by atoms with Crippen molar-refractivity contribution >= 4 is 11.6 Å². The van der Waals surface area contributed by atoms with Crippen molar-refractivity contribution in [1.82, 2.24) is 9.78 Å². The molecule has 4 heteroatoms. The molecular weight excluding hydrogens is 246 g/mol. The van der Waals surface area contributed by atoms with Gasteiger partial charge in [0.2, 0.25) is 0 Å². The van der Waals surface area contributed by atoms with Crippen LogP contribution in [-0.4, -0.2) is 9.78 Å². The SMILES string of the molecule is Cc1cc(CC(C)(N)c2cccc(Cl)c2)n(C)n1. The number of rotatable bonds is 3. The Morgan fingerprint density at radius 2 is 2.11 bits per heavy atom. The van der Waals surface area contributed by atoms with E-state index >= 15 is 0 Å². The Morgan fingerprint density at radius 1 is 1.39 bits per heavy atom. The molecule has 0 amide bonds. The van der Waals surface area contributed by atoms with Crippen LogP contribution in [0.5, 0.6) is 0 Å². The minimum Gasteiger partial charge on any atom is -0.321 e. The molecule has 0 radical (unpaired) electrons. The molecule has 2 N–H and O–H groups in total. The molecule has 1 aromatic heterocycles. The van der Waals surface area contributed by atoms with Crippen molar-refractivity contribution in [2.45, 2.75) is 25.8 Å². The zero-order valence-electron chi connectivity index (χ0n) is 10.9. The van der Waals surface area contributed by atoms with Crippen molar-refractivity contribution in [2.75, 3.05) is 0 Å². The highest BCUT2D eigenvalue weighted by molar-refractivity contribution is 6.30. The van der Waals surface area contributed by atoms with Crippen LogP contribution in [-0.2, 0) is 19.0 Å². The molecule has 0 saturated heterocycles. The van der Waals surface area contributed by atoms with Crippen LogP contribution in [0.25, 0.3) is 0 Å². The lowest BCUT2D eigenvalue weighted by Gasteiger charge is -2.25. The first-order chi connectivity index (χ1) is 8.38. The first-order valence-corrected chi connectivity index (χ1v) is 6.31. The molecule has 2 rings (SSSR count). The molecule has 0 bridgehead atoms. The van der Waals surface area contributed by atoms with Crippen LogP contribution in [0.2, 0.25) is 5.02 Å². The second-order valence-electron chi connectivity index (χ2n) is 5.01. The molecule has 18 heavy (non-hydrogen) atoms. The second kappa shape index (κ2) is 4.75. The molecule has 0 aliphatic carbocycles. The van der Waals surface area contributed by atoms with Crippen LogP contribution >= 0.6 is 11.6 Å². The van der Waals surface area contributed by atoms with E-state index in [1.165, 1.54) is 0 Å². The summed E-state index contributed by atoms with van der Waals surface area (Å²) in [5, 5.41) is 5.05. The number of nitrogens with zero attached hydrogens (tertiary/aromatic N) is 2. The standard InChI is InChI=1S/C14H18ClN3/c1-10-7-13(18(3)17-10)9-14(2,16)11-5-4-6-12(15)8-11/h4-8H,9,16H2,1-3H3. The Morgan fingerprint density at radius 3 is 2.67 bits per heavy atom. The van der Waals surface area contributed by atoms with Gasteiger partial charge in [-0.25, -0.2) is 0 Å². The van der Waals surface area contributed by atoms with Crippen LogP contribution in [0.4, 0.5) is 0 Å². The monoisotopic (exact) mass is 263 g/mol. The summed E-state index contributed by atoms with van der Waals surface area (Å²) in [7, 11) is 1.94. The third-order valence-corrected chi connectivity index (χ3v) is 3.37. The zero-order chi connectivity index (χ0) is 13.3. The van der Waals surface area contributed by atoms with E-state index in [0.717, 1.165) is 23.4 Å². The molecule has 0 spiro atoms. The molecule has 0 saturated carbocycles. The topological polar surface area (TPSA) is 43.8 Å². The van der Waals surface area contributed by atoms with Crippen molar-refractivity contribution < 1.29 is 0 Å². The fourth-order valence-electron chi connectivity index (χ4n) is 2.15. The fraction of sp³-hybridized carbons (Fsp3) is 0.357. The van der Waals surface area contributed by atoms with E-state index in [9.17, 15) is 0 Å². The number of hydrogen-bond acceptors (Lipinski definition) is 2. The van der Waals surface area contributed by atoms with Crippen molar-refractivity contribution in [3.63, 3.8) is 0 Å². The van der Waals surface area contributed by atoms with Crippen LogP contribution < -0.4 is 5.73 Å². The van der Waals surface area contributed by atoms with E-state index in [1.54, 1.807) is 0 Å². The van der Waals surface area contributed by atoms with Gasteiger partial charge < -0.3 is 5.73 Å². The smallest absolute Gasteiger partial charge is 0.0596 e. The average Bonchev–Trinajstić information content (AvgIpc) is 2.56. The van der Waals surface area contributed by atoms with Gasteiger partial charge in [0, 0.05) is 29.7 Å². The summed E-state index contributed by atoms with van der Waals surface area (Å²) in [4.78, 5) is 0. The molecule has 1 heterocycles.